The lowest BCUT2D eigenvalue weighted by Gasteiger charge is -2.28. The molecule has 1 aliphatic heterocycles. The molecule has 0 bridgehead atoms. The number of hydrogen-bond donors (Lipinski definition) is 1. The van der Waals surface area contributed by atoms with Crippen molar-refractivity contribution < 1.29 is 14.3 Å². The molecule has 0 aliphatic carbocycles. The third kappa shape index (κ3) is 7.67. The third-order valence-corrected chi connectivity index (χ3v) is 3.38. The Morgan fingerprint density at radius 1 is 1.33 bits per heavy atom. The van der Waals surface area contributed by atoms with Gasteiger partial charge in [-0.1, -0.05) is 6.92 Å². The molecule has 0 aromatic carbocycles. The van der Waals surface area contributed by atoms with E-state index in [1.165, 1.54) is 0 Å². The van der Waals surface area contributed by atoms with Gasteiger partial charge in [-0.05, 0) is 53.0 Å². The quantitative estimate of drug-likeness (QED) is 0.700. The van der Waals surface area contributed by atoms with Crippen molar-refractivity contribution in [1.29, 1.82) is 0 Å². The van der Waals surface area contributed by atoms with Gasteiger partial charge in [0.05, 0.1) is 0 Å². The number of hydrogen-bond acceptors (Lipinski definition) is 4. The number of carbonyl (C=O) groups excluding carboxylic acids is 1. The summed E-state index contributed by atoms with van der Waals surface area (Å²) in [6.07, 6.45) is 4.02. The number of nitrogens with one attached hydrogen (secondary N) is 1. The lowest BCUT2D eigenvalue weighted by Crippen LogP contribution is -2.44. The Morgan fingerprint density at radius 2 is 2.10 bits per heavy atom. The van der Waals surface area contributed by atoms with E-state index in [-0.39, 0.29) is 12.1 Å². The Kier molecular flexibility index (Phi) is 8.04. The zero-order valence-corrected chi connectivity index (χ0v) is 14.1. The molecule has 21 heavy (non-hydrogen) atoms. The third-order valence-electron chi connectivity index (χ3n) is 3.38. The van der Waals surface area contributed by atoms with Crippen LogP contribution >= 0.6 is 0 Å². The fourth-order valence-electron chi connectivity index (χ4n) is 2.42. The van der Waals surface area contributed by atoms with Gasteiger partial charge in [-0.15, -0.1) is 0 Å². The molecule has 1 rings (SSSR count). The van der Waals surface area contributed by atoms with Gasteiger partial charge in [-0.2, -0.15) is 0 Å². The van der Waals surface area contributed by atoms with Gasteiger partial charge in [0.2, 0.25) is 0 Å². The van der Waals surface area contributed by atoms with Gasteiger partial charge >= 0.3 is 6.09 Å². The zero-order chi connectivity index (χ0) is 15.7. The molecule has 1 amide bonds. The van der Waals surface area contributed by atoms with Crippen LogP contribution in [0.5, 0.6) is 0 Å². The normalized spacial score (nSPS) is 19.0. The van der Waals surface area contributed by atoms with E-state index in [0.717, 1.165) is 58.5 Å². The number of rotatable bonds is 8. The summed E-state index contributed by atoms with van der Waals surface area (Å²) in [7, 11) is 0. The number of carbonyl (C=O) groups is 1. The summed E-state index contributed by atoms with van der Waals surface area (Å²) in [6, 6.07) is 0.261. The molecule has 1 atom stereocenters. The van der Waals surface area contributed by atoms with E-state index in [4.69, 9.17) is 9.47 Å². The molecule has 0 spiro atoms. The molecule has 5 nitrogen and oxygen atoms in total. The topological polar surface area (TPSA) is 50.8 Å². The second-order valence-electron chi connectivity index (χ2n) is 6.64. The van der Waals surface area contributed by atoms with Gasteiger partial charge in [0, 0.05) is 32.3 Å². The highest BCUT2D eigenvalue weighted by Gasteiger charge is 2.31. The molecule has 0 saturated carbocycles. The minimum Gasteiger partial charge on any atom is -0.444 e. The van der Waals surface area contributed by atoms with E-state index in [2.05, 4.69) is 12.2 Å². The number of amides is 1. The second kappa shape index (κ2) is 9.26. The first-order valence-corrected chi connectivity index (χ1v) is 8.22. The summed E-state index contributed by atoms with van der Waals surface area (Å²) in [5, 5.41) is 3.42. The first-order valence-electron chi connectivity index (χ1n) is 8.22. The average molecular weight is 300 g/mol. The van der Waals surface area contributed by atoms with Crippen molar-refractivity contribution in [3.05, 3.63) is 0 Å². The number of likely N-dealkylation sites (tertiary alicyclic amines) is 1. The maximum Gasteiger partial charge on any atom is 0.410 e. The van der Waals surface area contributed by atoms with Crippen LogP contribution in [-0.4, -0.2) is 55.5 Å². The molecule has 0 radical (unpaired) electrons. The average Bonchev–Trinajstić information content (AvgIpc) is 2.84. The van der Waals surface area contributed by atoms with Gasteiger partial charge in [-0.25, -0.2) is 4.79 Å². The fraction of sp³-hybridized carbons (Fsp3) is 0.938. The van der Waals surface area contributed by atoms with E-state index in [1.807, 2.05) is 25.7 Å². The van der Waals surface area contributed by atoms with Crippen LogP contribution in [-0.2, 0) is 9.47 Å². The van der Waals surface area contributed by atoms with Crippen LogP contribution in [0.3, 0.4) is 0 Å². The van der Waals surface area contributed by atoms with Gasteiger partial charge in [-0.3, -0.25) is 0 Å². The van der Waals surface area contributed by atoms with E-state index in [0.29, 0.717) is 0 Å². The van der Waals surface area contributed by atoms with Crippen LogP contribution in [0.2, 0.25) is 0 Å². The Balaban J connectivity index is 2.20. The maximum absolute atomic E-state index is 12.1. The molecule has 0 aromatic heterocycles. The van der Waals surface area contributed by atoms with Gasteiger partial charge in [0.1, 0.15) is 5.60 Å². The van der Waals surface area contributed by atoms with Gasteiger partial charge in [0.15, 0.2) is 0 Å². The van der Waals surface area contributed by atoms with Gasteiger partial charge < -0.3 is 19.7 Å². The summed E-state index contributed by atoms with van der Waals surface area (Å²) in [5.74, 6) is 0. The summed E-state index contributed by atoms with van der Waals surface area (Å²) in [4.78, 5) is 14.0. The Morgan fingerprint density at radius 3 is 2.76 bits per heavy atom. The van der Waals surface area contributed by atoms with Crippen LogP contribution < -0.4 is 5.32 Å². The van der Waals surface area contributed by atoms with Crippen LogP contribution in [0.15, 0.2) is 0 Å². The predicted molar refractivity (Wildman–Crippen MR) is 84.6 cm³/mol. The van der Waals surface area contributed by atoms with E-state index in [9.17, 15) is 4.79 Å². The highest BCUT2D eigenvalue weighted by molar-refractivity contribution is 5.69. The predicted octanol–water partition coefficient (Wildman–Crippen LogP) is 2.79. The highest BCUT2D eigenvalue weighted by Crippen LogP contribution is 2.20. The Bertz CT molecular complexity index is 302. The Labute approximate surface area is 129 Å². The molecular weight excluding hydrogens is 268 g/mol. The van der Waals surface area contributed by atoms with Crippen LogP contribution in [0.4, 0.5) is 4.79 Å². The molecule has 1 fully saturated rings. The standard InChI is InChI=1S/C16H32N2O3/c1-5-11-20-12-7-9-17-13-14-8-6-10-18(14)15(19)21-16(2,3)4/h14,17H,5-13H2,1-4H3. The SMILES string of the molecule is CCCOCCCNCC1CCCN1C(=O)OC(C)(C)C. The van der Waals surface area contributed by atoms with Crippen molar-refractivity contribution in [3.63, 3.8) is 0 Å². The lowest BCUT2D eigenvalue weighted by molar-refractivity contribution is 0.0226. The number of nitrogens with zero attached hydrogens (tertiary/aromatic N) is 1. The first kappa shape index (κ1) is 18.2. The first-order chi connectivity index (χ1) is 9.94. The molecular formula is C16H32N2O3. The van der Waals surface area contributed by atoms with Crippen molar-refractivity contribution in [3.8, 4) is 0 Å². The van der Waals surface area contributed by atoms with E-state index in [1.54, 1.807) is 0 Å². The monoisotopic (exact) mass is 300 g/mol. The number of ether oxygens (including phenoxy) is 2. The zero-order valence-electron chi connectivity index (χ0n) is 14.1. The van der Waals surface area contributed by atoms with E-state index < -0.39 is 5.60 Å². The minimum atomic E-state index is -0.422. The molecule has 124 valence electrons. The molecule has 0 aromatic rings. The summed E-state index contributed by atoms with van der Waals surface area (Å²) in [6.45, 7) is 12.1. The molecule has 1 unspecified atom stereocenters. The van der Waals surface area contributed by atoms with Crippen LogP contribution in [0, 0.1) is 0 Å². The Hall–Kier alpha value is -0.810. The van der Waals surface area contributed by atoms with Crippen LogP contribution in [0.25, 0.3) is 0 Å². The van der Waals surface area contributed by atoms with E-state index >= 15 is 0 Å². The molecule has 5 heteroatoms. The largest absolute Gasteiger partial charge is 0.444 e. The molecule has 1 N–H and O–H groups in total. The van der Waals surface area contributed by atoms with Crippen molar-refractivity contribution in [2.24, 2.45) is 0 Å². The molecule has 1 saturated heterocycles. The summed E-state index contributed by atoms with van der Waals surface area (Å²) < 4.78 is 10.9. The van der Waals surface area contributed by atoms with Crippen molar-refractivity contribution in [2.45, 2.75) is 65.0 Å². The molecule has 1 aliphatic rings. The summed E-state index contributed by atoms with van der Waals surface area (Å²) in [5.41, 5.74) is -0.422. The highest BCUT2D eigenvalue weighted by atomic mass is 16.6. The fourth-order valence-corrected chi connectivity index (χ4v) is 2.42. The van der Waals surface area contributed by atoms with Crippen molar-refractivity contribution in [1.82, 2.24) is 10.2 Å². The van der Waals surface area contributed by atoms with Crippen molar-refractivity contribution >= 4 is 6.09 Å². The van der Waals surface area contributed by atoms with Gasteiger partial charge in [0.25, 0.3) is 0 Å². The van der Waals surface area contributed by atoms with Crippen molar-refractivity contribution in [2.75, 3.05) is 32.8 Å². The van der Waals surface area contributed by atoms with Crippen LogP contribution in [0.1, 0.15) is 53.4 Å². The lowest BCUT2D eigenvalue weighted by atomic mass is 10.2. The summed E-state index contributed by atoms with van der Waals surface area (Å²) >= 11 is 0. The second-order valence-corrected chi connectivity index (χ2v) is 6.64. The maximum atomic E-state index is 12.1. The smallest absolute Gasteiger partial charge is 0.410 e. The minimum absolute atomic E-state index is 0.182. The molecule has 1 heterocycles.